The molecule has 0 bridgehead atoms. The summed E-state index contributed by atoms with van der Waals surface area (Å²) >= 11 is 0. The van der Waals surface area contributed by atoms with Gasteiger partial charge in [0.2, 0.25) is 0 Å². The van der Waals surface area contributed by atoms with Gasteiger partial charge >= 0.3 is 6.09 Å². The van der Waals surface area contributed by atoms with Gasteiger partial charge in [0.1, 0.15) is 0 Å². The second-order valence-corrected chi connectivity index (χ2v) is 6.86. The number of carbonyl (C=O) groups is 2. The van der Waals surface area contributed by atoms with E-state index in [1.165, 1.54) is 7.11 Å². The van der Waals surface area contributed by atoms with Crippen molar-refractivity contribution in [3.63, 3.8) is 0 Å². The average molecular weight is 390 g/mol. The van der Waals surface area contributed by atoms with Crippen molar-refractivity contribution in [3.8, 4) is 0 Å². The quantitative estimate of drug-likeness (QED) is 0.745. The third kappa shape index (κ3) is 3.99. The molecular formula is C22H22N4O3. The standard InChI is InChI=1S/C22H22N4O3/c1-29-22(28)26-14-12-25(13-15-26)21(27)17-9-6-16(7-10-17)8-11-20-18-4-2-3-5-19(18)23-24-20/h2-11H,12-15H2,1H3,(H,23,24). The molecule has 3 aromatic rings. The molecule has 0 unspecified atom stereocenters. The Labute approximate surface area is 168 Å². The predicted octanol–water partition coefficient (Wildman–Crippen LogP) is 3.26. The van der Waals surface area contributed by atoms with E-state index in [1.54, 1.807) is 9.80 Å². The maximum Gasteiger partial charge on any atom is 0.409 e. The number of methoxy groups -OCH3 is 1. The molecule has 29 heavy (non-hydrogen) atoms. The molecule has 2 heterocycles. The number of aromatic nitrogens is 2. The van der Waals surface area contributed by atoms with Gasteiger partial charge < -0.3 is 14.5 Å². The highest BCUT2D eigenvalue weighted by molar-refractivity contribution is 5.95. The first-order valence-corrected chi connectivity index (χ1v) is 9.49. The zero-order chi connectivity index (χ0) is 20.2. The number of rotatable bonds is 3. The summed E-state index contributed by atoms with van der Waals surface area (Å²) in [6, 6.07) is 15.5. The molecule has 1 N–H and O–H groups in total. The summed E-state index contributed by atoms with van der Waals surface area (Å²) in [7, 11) is 1.37. The van der Waals surface area contributed by atoms with Gasteiger partial charge in [-0.3, -0.25) is 9.89 Å². The van der Waals surface area contributed by atoms with Crippen molar-refractivity contribution in [2.45, 2.75) is 0 Å². The summed E-state index contributed by atoms with van der Waals surface area (Å²) in [6.45, 7) is 1.97. The molecule has 1 saturated heterocycles. The van der Waals surface area contributed by atoms with E-state index in [1.807, 2.05) is 60.7 Å². The fraction of sp³-hybridized carbons (Fsp3) is 0.227. The van der Waals surface area contributed by atoms with Gasteiger partial charge in [-0.2, -0.15) is 5.10 Å². The van der Waals surface area contributed by atoms with Gasteiger partial charge in [-0.25, -0.2) is 4.79 Å². The highest BCUT2D eigenvalue weighted by atomic mass is 16.5. The second-order valence-electron chi connectivity index (χ2n) is 6.86. The Bertz CT molecular complexity index is 1050. The molecular weight excluding hydrogens is 368 g/mol. The zero-order valence-electron chi connectivity index (χ0n) is 16.2. The largest absolute Gasteiger partial charge is 0.453 e. The van der Waals surface area contributed by atoms with Gasteiger partial charge in [0, 0.05) is 37.1 Å². The maximum atomic E-state index is 12.7. The summed E-state index contributed by atoms with van der Waals surface area (Å²) in [6.07, 6.45) is 3.59. The van der Waals surface area contributed by atoms with Gasteiger partial charge in [-0.15, -0.1) is 0 Å². The molecule has 2 aromatic carbocycles. The number of carbonyl (C=O) groups excluding carboxylic acids is 2. The van der Waals surface area contributed by atoms with Crippen LogP contribution < -0.4 is 0 Å². The number of aromatic amines is 1. The summed E-state index contributed by atoms with van der Waals surface area (Å²) < 4.78 is 4.73. The monoisotopic (exact) mass is 390 g/mol. The Hall–Kier alpha value is -3.61. The van der Waals surface area contributed by atoms with Gasteiger partial charge in [-0.05, 0) is 29.8 Å². The number of piperazine rings is 1. The van der Waals surface area contributed by atoms with Crippen molar-refractivity contribution in [2.75, 3.05) is 33.3 Å². The Morgan fingerprint density at radius 3 is 2.38 bits per heavy atom. The molecule has 0 saturated carbocycles. The van der Waals surface area contributed by atoms with E-state index in [2.05, 4.69) is 10.2 Å². The van der Waals surface area contributed by atoms with E-state index in [4.69, 9.17) is 4.74 Å². The Morgan fingerprint density at radius 1 is 0.966 bits per heavy atom. The van der Waals surface area contributed by atoms with Crippen molar-refractivity contribution < 1.29 is 14.3 Å². The van der Waals surface area contributed by atoms with Crippen LogP contribution >= 0.6 is 0 Å². The molecule has 1 aliphatic rings. The number of H-pyrrole nitrogens is 1. The number of fused-ring (bicyclic) bond motifs is 1. The highest BCUT2D eigenvalue weighted by Crippen LogP contribution is 2.18. The first-order chi connectivity index (χ1) is 14.2. The van der Waals surface area contributed by atoms with E-state index in [-0.39, 0.29) is 12.0 Å². The summed E-state index contributed by atoms with van der Waals surface area (Å²) in [4.78, 5) is 27.6. The molecule has 0 radical (unpaired) electrons. The van der Waals surface area contributed by atoms with E-state index in [0.717, 1.165) is 22.2 Å². The molecule has 1 aromatic heterocycles. The third-order valence-electron chi connectivity index (χ3n) is 5.09. The molecule has 2 amide bonds. The van der Waals surface area contributed by atoms with Crippen LogP contribution in [0, 0.1) is 0 Å². The zero-order valence-corrected chi connectivity index (χ0v) is 16.2. The van der Waals surface area contributed by atoms with E-state index >= 15 is 0 Å². The normalized spacial score (nSPS) is 14.5. The maximum absolute atomic E-state index is 12.7. The van der Waals surface area contributed by atoms with Crippen LogP contribution in [0.25, 0.3) is 23.1 Å². The molecule has 0 atom stereocenters. The Morgan fingerprint density at radius 2 is 1.66 bits per heavy atom. The van der Waals surface area contributed by atoms with Gasteiger partial charge in [0.05, 0.1) is 18.3 Å². The number of ether oxygens (including phenoxy) is 1. The third-order valence-corrected chi connectivity index (χ3v) is 5.09. The van der Waals surface area contributed by atoms with Gasteiger partial charge in [0.15, 0.2) is 0 Å². The minimum atomic E-state index is -0.349. The van der Waals surface area contributed by atoms with Crippen LogP contribution in [0.15, 0.2) is 48.5 Å². The van der Waals surface area contributed by atoms with Gasteiger partial charge in [-0.1, -0.05) is 36.4 Å². The van der Waals surface area contributed by atoms with E-state index in [9.17, 15) is 9.59 Å². The summed E-state index contributed by atoms with van der Waals surface area (Å²) in [5.74, 6) is -0.0247. The van der Waals surface area contributed by atoms with E-state index < -0.39 is 0 Å². The van der Waals surface area contributed by atoms with Crippen LogP contribution in [0.4, 0.5) is 4.79 Å². The average Bonchev–Trinajstić information content (AvgIpc) is 3.20. The Balaban J connectivity index is 1.40. The SMILES string of the molecule is COC(=O)N1CCN(C(=O)c2ccc(C=Cc3n[nH]c4ccccc34)cc2)CC1. The lowest BCUT2D eigenvalue weighted by molar-refractivity contribution is 0.0599. The lowest BCUT2D eigenvalue weighted by Crippen LogP contribution is -2.50. The number of amides is 2. The molecule has 7 heteroatoms. The first kappa shape index (κ1) is 18.7. The Kier molecular flexibility index (Phi) is 5.29. The molecule has 1 aliphatic heterocycles. The molecule has 4 rings (SSSR count). The molecule has 7 nitrogen and oxygen atoms in total. The van der Waals surface area contributed by atoms with Crippen LogP contribution in [0.1, 0.15) is 21.6 Å². The van der Waals surface area contributed by atoms with Crippen LogP contribution in [-0.2, 0) is 4.74 Å². The number of nitrogens with one attached hydrogen (secondary N) is 1. The van der Waals surface area contributed by atoms with Gasteiger partial charge in [0.25, 0.3) is 5.91 Å². The van der Waals surface area contributed by atoms with Crippen molar-refractivity contribution >= 4 is 35.1 Å². The van der Waals surface area contributed by atoms with Crippen molar-refractivity contribution in [1.82, 2.24) is 20.0 Å². The molecule has 0 aliphatic carbocycles. The second kappa shape index (κ2) is 8.18. The van der Waals surface area contributed by atoms with Crippen molar-refractivity contribution in [2.24, 2.45) is 0 Å². The molecule has 148 valence electrons. The first-order valence-electron chi connectivity index (χ1n) is 9.49. The van der Waals surface area contributed by atoms with Crippen LogP contribution in [0.2, 0.25) is 0 Å². The number of nitrogens with zero attached hydrogens (tertiary/aromatic N) is 3. The number of hydrogen-bond donors (Lipinski definition) is 1. The van der Waals surface area contributed by atoms with Crippen LogP contribution in [0.5, 0.6) is 0 Å². The lowest BCUT2D eigenvalue weighted by Gasteiger charge is -2.33. The fourth-order valence-corrected chi connectivity index (χ4v) is 3.43. The van der Waals surface area contributed by atoms with Crippen molar-refractivity contribution in [3.05, 3.63) is 65.4 Å². The number of benzene rings is 2. The van der Waals surface area contributed by atoms with E-state index in [0.29, 0.717) is 31.7 Å². The van der Waals surface area contributed by atoms with Crippen LogP contribution in [-0.4, -0.2) is 65.3 Å². The molecule has 1 fully saturated rings. The highest BCUT2D eigenvalue weighted by Gasteiger charge is 2.25. The fourth-order valence-electron chi connectivity index (χ4n) is 3.43. The minimum Gasteiger partial charge on any atom is -0.453 e. The topological polar surface area (TPSA) is 78.5 Å². The summed E-state index contributed by atoms with van der Waals surface area (Å²) in [5.41, 5.74) is 3.51. The van der Waals surface area contributed by atoms with Crippen molar-refractivity contribution in [1.29, 1.82) is 0 Å². The molecule has 0 spiro atoms. The van der Waals surface area contributed by atoms with Crippen LogP contribution in [0.3, 0.4) is 0 Å². The number of para-hydroxylation sites is 1. The smallest absolute Gasteiger partial charge is 0.409 e. The lowest BCUT2D eigenvalue weighted by atomic mass is 10.1. The minimum absolute atomic E-state index is 0.0247. The predicted molar refractivity (Wildman–Crippen MR) is 111 cm³/mol. The summed E-state index contributed by atoms with van der Waals surface area (Å²) in [5, 5.41) is 8.42. The number of hydrogen-bond acceptors (Lipinski definition) is 4.